The van der Waals surface area contributed by atoms with Gasteiger partial charge in [0, 0.05) is 34.8 Å². The number of carbonyl (C=O) groups excluding carboxylic acids is 1. The summed E-state index contributed by atoms with van der Waals surface area (Å²) in [6.07, 6.45) is 1.78. The number of pyridine rings is 2. The Kier molecular flexibility index (Phi) is 4.46. The predicted molar refractivity (Wildman–Crippen MR) is 105 cm³/mol. The summed E-state index contributed by atoms with van der Waals surface area (Å²) < 4.78 is 0. The van der Waals surface area contributed by atoms with Crippen LogP contribution in [-0.4, -0.2) is 15.9 Å². The van der Waals surface area contributed by atoms with Crippen molar-refractivity contribution < 1.29 is 4.79 Å². The maximum atomic E-state index is 12.7. The Morgan fingerprint density at radius 1 is 1.15 bits per heavy atom. The first kappa shape index (κ1) is 16.4. The second kappa shape index (κ2) is 7.06. The van der Waals surface area contributed by atoms with Gasteiger partial charge in [-0.25, -0.2) is 0 Å². The van der Waals surface area contributed by atoms with Gasteiger partial charge in [-0.2, -0.15) is 11.3 Å². The minimum Gasteiger partial charge on any atom is -0.348 e. The average Bonchev–Trinajstić information content (AvgIpc) is 3.20. The molecule has 1 amide bonds. The molecule has 5 heteroatoms. The number of aryl methyl sites for hydroxylation is 1. The third-order valence-electron chi connectivity index (χ3n) is 4.20. The Morgan fingerprint density at radius 2 is 2.08 bits per heavy atom. The zero-order valence-corrected chi connectivity index (χ0v) is 15.1. The van der Waals surface area contributed by atoms with E-state index in [4.69, 9.17) is 0 Å². The number of thiophene rings is 1. The molecular formula is C21H17N3OS. The molecule has 0 saturated carbocycles. The van der Waals surface area contributed by atoms with Crippen molar-refractivity contribution in [3.63, 3.8) is 0 Å². The minimum atomic E-state index is -0.123. The third kappa shape index (κ3) is 3.34. The molecule has 0 aliphatic rings. The molecule has 0 radical (unpaired) electrons. The van der Waals surface area contributed by atoms with Crippen LogP contribution in [0.5, 0.6) is 0 Å². The van der Waals surface area contributed by atoms with Gasteiger partial charge in [-0.3, -0.25) is 14.8 Å². The van der Waals surface area contributed by atoms with Crippen LogP contribution in [0.25, 0.3) is 22.2 Å². The quantitative estimate of drug-likeness (QED) is 0.579. The van der Waals surface area contributed by atoms with Crippen molar-refractivity contribution in [2.24, 2.45) is 0 Å². The van der Waals surface area contributed by atoms with Crippen molar-refractivity contribution in [3.8, 4) is 11.3 Å². The smallest absolute Gasteiger partial charge is 0.253 e. The summed E-state index contributed by atoms with van der Waals surface area (Å²) in [4.78, 5) is 21.6. The lowest BCUT2D eigenvalue weighted by atomic mass is 10.1. The Bertz CT molecular complexity index is 1070. The largest absolute Gasteiger partial charge is 0.348 e. The fraction of sp³-hybridized carbons (Fsp3) is 0.0952. The number of fused-ring (bicyclic) bond motifs is 1. The molecule has 0 bridgehead atoms. The highest BCUT2D eigenvalue weighted by atomic mass is 32.1. The molecule has 0 fully saturated rings. The van der Waals surface area contributed by atoms with Crippen LogP contribution in [0.1, 0.15) is 21.6 Å². The molecule has 0 spiro atoms. The molecule has 1 N–H and O–H groups in total. The van der Waals surface area contributed by atoms with Crippen LogP contribution in [0.3, 0.4) is 0 Å². The van der Waals surface area contributed by atoms with E-state index in [1.54, 1.807) is 17.5 Å². The molecule has 3 heterocycles. The number of amides is 1. The molecule has 0 saturated heterocycles. The number of para-hydroxylation sites is 1. The lowest BCUT2D eigenvalue weighted by molar-refractivity contribution is 0.0952. The van der Waals surface area contributed by atoms with Crippen molar-refractivity contribution in [1.29, 1.82) is 0 Å². The normalized spacial score (nSPS) is 10.8. The van der Waals surface area contributed by atoms with Gasteiger partial charge in [-0.05, 0) is 48.2 Å². The van der Waals surface area contributed by atoms with Crippen LogP contribution in [0.4, 0.5) is 0 Å². The van der Waals surface area contributed by atoms with E-state index in [0.717, 1.165) is 33.4 Å². The molecule has 0 aliphatic heterocycles. The van der Waals surface area contributed by atoms with Crippen LogP contribution in [0, 0.1) is 6.92 Å². The number of benzene rings is 1. The van der Waals surface area contributed by atoms with Crippen molar-refractivity contribution in [1.82, 2.24) is 15.3 Å². The lowest BCUT2D eigenvalue weighted by Gasteiger charge is -2.09. The van der Waals surface area contributed by atoms with Crippen molar-refractivity contribution in [2.45, 2.75) is 13.5 Å². The first-order valence-corrected chi connectivity index (χ1v) is 9.27. The van der Waals surface area contributed by atoms with Gasteiger partial charge in [0.15, 0.2) is 0 Å². The van der Waals surface area contributed by atoms with Crippen molar-refractivity contribution in [3.05, 3.63) is 82.3 Å². The number of rotatable bonds is 4. The number of nitrogens with one attached hydrogen (secondary N) is 1. The summed E-state index contributed by atoms with van der Waals surface area (Å²) >= 11 is 1.64. The van der Waals surface area contributed by atoms with E-state index < -0.39 is 0 Å². The van der Waals surface area contributed by atoms with E-state index >= 15 is 0 Å². The van der Waals surface area contributed by atoms with Gasteiger partial charge in [-0.15, -0.1) is 0 Å². The summed E-state index contributed by atoms with van der Waals surface area (Å²) in [6.45, 7) is 2.37. The summed E-state index contributed by atoms with van der Waals surface area (Å²) in [5, 5.41) is 8.05. The van der Waals surface area contributed by atoms with Gasteiger partial charge in [0.2, 0.25) is 0 Å². The molecule has 128 valence electrons. The summed E-state index contributed by atoms with van der Waals surface area (Å²) in [5.41, 5.74) is 5.25. The first-order valence-electron chi connectivity index (χ1n) is 8.33. The SMILES string of the molecule is Cc1ccc2cccc(C(=O)NCc3ccnc(-c4ccsc4)c3)c2n1. The summed E-state index contributed by atoms with van der Waals surface area (Å²) in [5.74, 6) is -0.123. The highest BCUT2D eigenvalue weighted by Gasteiger charge is 2.11. The van der Waals surface area contributed by atoms with E-state index in [0.29, 0.717) is 12.1 Å². The van der Waals surface area contributed by atoms with Crippen LogP contribution in [0.15, 0.2) is 65.5 Å². The number of hydrogen-bond acceptors (Lipinski definition) is 4. The van der Waals surface area contributed by atoms with Gasteiger partial charge in [0.1, 0.15) is 0 Å². The summed E-state index contributed by atoms with van der Waals surface area (Å²) in [6, 6.07) is 15.6. The fourth-order valence-electron chi connectivity index (χ4n) is 2.86. The third-order valence-corrected chi connectivity index (χ3v) is 4.88. The monoisotopic (exact) mass is 359 g/mol. The Morgan fingerprint density at radius 3 is 2.92 bits per heavy atom. The predicted octanol–water partition coefficient (Wildman–Crippen LogP) is 4.60. The second-order valence-corrected chi connectivity index (χ2v) is 6.85. The number of carbonyl (C=O) groups is 1. The molecule has 4 nitrogen and oxygen atoms in total. The molecule has 4 rings (SSSR count). The van der Waals surface area contributed by atoms with Crippen molar-refractivity contribution in [2.75, 3.05) is 0 Å². The second-order valence-electron chi connectivity index (χ2n) is 6.07. The standard InChI is InChI=1S/C21H17N3OS/c1-14-5-6-16-3-2-4-18(20(16)24-14)21(25)23-12-15-7-9-22-19(11-15)17-8-10-26-13-17/h2-11,13H,12H2,1H3,(H,23,25). The van der Waals surface area contributed by atoms with Crippen LogP contribution < -0.4 is 5.32 Å². The maximum Gasteiger partial charge on any atom is 0.253 e. The van der Waals surface area contributed by atoms with Gasteiger partial charge >= 0.3 is 0 Å². The molecule has 0 unspecified atom stereocenters. The lowest BCUT2D eigenvalue weighted by Crippen LogP contribution is -2.23. The molecular weight excluding hydrogens is 342 g/mol. The van der Waals surface area contributed by atoms with E-state index in [1.165, 1.54) is 0 Å². The zero-order chi connectivity index (χ0) is 17.9. The molecule has 1 aromatic carbocycles. The highest BCUT2D eigenvalue weighted by Crippen LogP contribution is 2.21. The van der Waals surface area contributed by atoms with Crippen molar-refractivity contribution >= 4 is 28.1 Å². The Labute approximate surface area is 155 Å². The van der Waals surface area contributed by atoms with E-state index in [9.17, 15) is 4.79 Å². The first-order chi connectivity index (χ1) is 12.7. The van der Waals surface area contributed by atoms with Gasteiger partial charge in [0.25, 0.3) is 5.91 Å². The molecule has 26 heavy (non-hydrogen) atoms. The van der Waals surface area contributed by atoms with E-state index in [2.05, 4.69) is 20.7 Å². The Hall–Kier alpha value is -3.05. The Balaban J connectivity index is 1.55. The summed E-state index contributed by atoms with van der Waals surface area (Å²) in [7, 11) is 0. The molecule has 0 atom stereocenters. The number of aromatic nitrogens is 2. The maximum absolute atomic E-state index is 12.7. The van der Waals surface area contributed by atoms with Crippen LogP contribution in [-0.2, 0) is 6.54 Å². The van der Waals surface area contributed by atoms with Crippen LogP contribution >= 0.6 is 11.3 Å². The number of hydrogen-bond donors (Lipinski definition) is 1. The number of nitrogens with zero attached hydrogens (tertiary/aromatic N) is 2. The van der Waals surface area contributed by atoms with E-state index in [-0.39, 0.29) is 5.91 Å². The highest BCUT2D eigenvalue weighted by molar-refractivity contribution is 7.08. The van der Waals surface area contributed by atoms with Gasteiger partial charge < -0.3 is 5.32 Å². The fourth-order valence-corrected chi connectivity index (χ4v) is 3.51. The minimum absolute atomic E-state index is 0.123. The van der Waals surface area contributed by atoms with E-state index in [1.807, 2.05) is 60.8 Å². The van der Waals surface area contributed by atoms with Gasteiger partial charge in [-0.1, -0.05) is 18.2 Å². The molecule has 4 aromatic rings. The molecule has 0 aliphatic carbocycles. The topological polar surface area (TPSA) is 54.9 Å². The van der Waals surface area contributed by atoms with Crippen LogP contribution in [0.2, 0.25) is 0 Å². The average molecular weight is 359 g/mol. The van der Waals surface area contributed by atoms with Gasteiger partial charge in [0.05, 0.1) is 16.8 Å². The molecule has 3 aromatic heterocycles. The zero-order valence-electron chi connectivity index (χ0n) is 14.3.